The van der Waals surface area contributed by atoms with E-state index in [1.54, 1.807) is 6.07 Å². The van der Waals surface area contributed by atoms with Crippen LogP contribution in [0.2, 0.25) is 0 Å². The van der Waals surface area contributed by atoms with Crippen LogP contribution in [0.1, 0.15) is 10.4 Å². The highest BCUT2D eigenvalue weighted by atomic mass is 35.5. The van der Waals surface area contributed by atoms with Crippen LogP contribution in [0, 0.1) is 5.82 Å². The molecular weight excluding hydrogens is 499 g/mol. The average Bonchev–Trinajstić information content (AvgIpc) is 3.02. The van der Waals surface area contributed by atoms with E-state index < -0.39 is 38.6 Å². The van der Waals surface area contributed by atoms with Gasteiger partial charge in [-0.2, -0.15) is 0 Å². The summed E-state index contributed by atoms with van der Waals surface area (Å²) in [5.74, 6) is -3.04. The van der Waals surface area contributed by atoms with E-state index in [2.05, 4.69) is 10.6 Å². The standard InChI is InChI=1S/C23H16ClFN4O5S/c24-19-20(23(32)29(22(19)31)18-7-2-1-6-17(18)25)27-15-5-3-4-13(12-15)21(30)28-14-8-10-16(11-9-14)35(26,33)34/h1-12,27H,(H,28,30)(H2,26,33,34). The lowest BCUT2D eigenvalue weighted by atomic mass is 10.1. The number of sulfonamides is 1. The summed E-state index contributed by atoms with van der Waals surface area (Å²) in [6.45, 7) is 0. The molecule has 1 aliphatic heterocycles. The minimum atomic E-state index is -3.87. The molecule has 0 aliphatic carbocycles. The van der Waals surface area contributed by atoms with Crippen LogP contribution < -0.4 is 20.7 Å². The van der Waals surface area contributed by atoms with Crippen molar-refractivity contribution in [3.8, 4) is 0 Å². The lowest BCUT2D eigenvalue weighted by Crippen LogP contribution is -2.33. The highest BCUT2D eigenvalue weighted by molar-refractivity contribution is 7.89. The molecule has 3 amide bonds. The monoisotopic (exact) mass is 514 g/mol. The van der Waals surface area contributed by atoms with E-state index in [4.69, 9.17) is 16.7 Å². The van der Waals surface area contributed by atoms with Crippen molar-refractivity contribution in [1.82, 2.24) is 0 Å². The highest BCUT2D eigenvalue weighted by Crippen LogP contribution is 2.31. The van der Waals surface area contributed by atoms with Crippen LogP contribution in [0.3, 0.4) is 0 Å². The van der Waals surface area contributed by atoms with Crippen molar-refractivity contribution in [2.75, 3.05) is 15.5 Å². The number of hydrogen-bond donors (Lipinski definition) is 3. The number of carbonyl (C=O) groups excluding carboxylic acids is 3. The first-order chi connectivity index (χ1) is 16.6. The number of nitrogens with zero attached hydrogens (tertiary/aromatic N) is 1. The highest BCUT2D eigenvalue weighted by Gasteiger charge is 2.40. The van der Waals surface area contributed by atoms with Gasteiger partial charge in [-0.3, -0.25) is 14.4 Å². The zero-order chi connectivity index (χ0) is 25.3. The molecule has 0 radical (unpaired) electrons. The van der Waals surface area contributed by atoms with Crippen molar-refractivity contribution in [3.05, 3.63) is 94.9 Å². The van der Waals surface area contributed by atoms with Crippen LogP contribution in [-0.2, 0) is 19.6 Å². The molecule has 1 heterocycles. The van der Waals surface area contributed by atoms with Gasteiger partial charge in [0.2, 0.25) is 10.0 Å². The first-order valence-electron chi connectivity index (χ1n) is 9.90. The Kier molecular flexibility index (Phi) is 6.39. The van der Waals surface area contributed by atoms with Crippen molar-refractivity contribution in [1.29, 1.82) is 0 Å². The number of hydrogen-bond acceptors (Lipinski definition) is 6. The Morgan fingerprint density at radius 2 is 1.60 bits per heavy atom. The fourth-order valence-corrected chi connectivity index (χ4v) is 4.00. The Labute approximate surface area is 204 Å². The molecule has 0 saturated carbocycles. The second-order valence-corrected chi connectivity index (χ2v) is 9.25. The molecule has 3 aromatic carbocycles. The number of rotatable bonds is 6. The number of amides is 3. The largest absolute Gasteiger partial charge is 0.350 e. The first-order valence-corrected chi connectivity index (χ1v) is 11.8. The van der Waals surface area contributed by atoms with Gasteiger partial charge in [0.05, 0.1) is 10.6 Å². The number of primary sulfonamides is 1. The predicted molar refractivity (Wildman–Crippen MR) is 128 cm³/mol. The fraction of sp³-hybridized carbons (Fsp3) is 0. The zero-order valence-electron chi connectivity index (χ0n) is 17.7. The van der Waals surface area contributed by atoms with Crippen LogP contribution >= 0.6 is 11.6 Å². The van der Waals surface area contributed by atoms with E-state index in [0.29, 0.717) is 10.6 Å². The molecular formula is C23H16ClFN4O5S. The van der Waals surface area contributed by atoms with Crippen LogP contribution in [0.5, 0.6) is 0 Å². The second kappa shape index (κ2) is 9.29. The summed E-state index contributed by atoms with van der Waals surface area (Å²) in [6.07, 6.45) is 0. The molecule has 0 fully saturated rings. The lowest BCUT2D eigenvalue weighted by Gasteiger charge is -2.15. The van der Waals surface area contributed by atoms with Crippen molar-refractivity contribution in [2.24, 2.45) is 5.14 Å². The van der Waals surface area contributed by atoms with Gasteiger partial charge in [0, 0.05) is 16.9 Å². The third kappa shape index (κ3) is 4.92. The molecule has 0 atom stereocenters. The minimum absolute atomic E-state index is 0.105. The first kappa shape index (κ1) is 24.1. The van der Waals surface area contributed by atoms with Gasteiger partial charge in [-0.15, -0.1) is 0 Å². The van der Waals surface area contributed by atoms with Crippen LogP contribution in [0.25, 0.3) is 0 Å². The molecule has 4 N–H and O–H groups in total. The molecule has 0 aromatic heterocycles. The van der Waals surface area contributed by atoms with Gasteiger partial charge < -0.3 is 10.6 Å². The number of nitrogens with one attached hydrogen (secondary N) is 2. The Bertz CT molecular complexity index is 1510. The summed E-state index contributed by atoms with van der Waals surface area (Å²) in [5, 5.41) is 9.96. The van der Waals surface area contributed by atoms with Crippen LogP contribution in [-0.4, -0.2) is 26.1 Å². The third-order valence-electron chi connectivity index (χ3n) is 4.96. The van der Waals surface area contributed by atoms with Gasteiger partial charge in [-0.25, -0.2) is 22.8 Å². The molecule has 35 heavy (non-hydrogen) atoms. The summed E-state index contributed by atoms with van der Waals surface area (Å²) in [6, 6.07) is 16.5. The number of anilines is 3. The molecule has 9 nitrogen and oxygen atoms in total. The van der Waals surface area contributed by atoms with Gasteiger partial charge in [-0.05, 0) is 54.6 Å². The second-order valence-electron chi connectivity index (χ2n) is 7.32. The summed E-state index contributed by atoms with van der Waals surface area (Å²) < 4.78 is 36.9. The van der Waals surface area contributed by atoms with Gasteiger partial charge in [0.25, 0.3) is 17.7 Å². The van der Waals surface area contributed by atoms with Gasteiger partial charge >= 0.3 is 0 Å². The van der Waals surface area contributed by atoms with E-state index in [9.17, 15) is 27.2 Å². The average molecular weight is 515 g/mol. The topological polar surface area (TPSA) is 139 Å². The van der Waals surface area contributed by atoms with Crippen molar-refractivity contribution in [2.45, 2.75) is 4.90 Å². The molecule has 1 aliphatic rings. The molecule has 178 valence electrons. The van der Waals surface area contributed by atoms with Crippen LogP contribution in [0.15, 0.2) is 88.4 Å². The summed E-state index contributed by atoms with van der Waals surface area (Å²) in [4.78, 5) is 38.5. The summed E-state index contributed by atoms with van der Waals surface area (Å²) >= 11 is 6.08. The van der Waals surface area contributed by atoms with E-state index in [0.717, 1.165) is 6.07 Å². The fourth-order valence-electron chi connectivity index (χ4n) is 3.28. The van der Waals surface area contributed by atoms with E-state index in [1.807, 2.05) is 0 Å². The van der Waals surface area contributed by atoms with Gasteiger partial charge in [0.15, 0.2) is 0 Å². The minimum Gasteiger partial charge on any atom is -0.350 e. The maximum absolute atomic E-state index is 14.2. The normalized spacial score (nSPS) is 13.9. The summed E-state index contributed by atoms with van der Waals surface area (Å²) in [5.41, 5.74) is 0.274. The smallest absolute Gasteiger partial charge is 0.283 e. The van der Waals surface area contributed by atoms with Gasteiger partial charge in [0.1, 0.15) is 16.5 Å². The zero-order valence-corrected chi connectivity index (χ0v) is 19.2. The van der Waals surface area contributed by atoms with Crippen molar-refractivity contribution >= 4 is 56.4 Å². The SMILES string of the molecule is NS(=O)(=O)c1ccc(NC(=O)c2cccc(NC3=C(Cl)C(=O)N(c4ccccc4F)C3=O)c2)cc1. The molecule has 0 unspecified atom stereocenters. The number of halogens is 2. The van der Waals surface area contributed by atoms with E-state index in [1.165, 1.54) is 60.7 Å². The maximum atomic E-state index is 14.2. The van der Waals surface area contributed by atoms with Crippen LogP contribution in [0.4, 0.5) is 21.5 Å². The van der Waals surface area contributed by atoms with Gasteiger partial charge in [-0.1, -0.05) is 29.8 Å². The molecule has 12 heteroatoms. The predicted octanol–water partition coefficient (Wildman–Crippen LogP) is 3.16. The van der Waals surface area contributed by atoms with Crippen molar-refractivity contribution in [3.63, 3.8) is 0 Å². The molecule has 0 saturated heterocycles. The third-order valence-corrected chi connectivity index (χ3v) is 6.24. The summed E-state index contributed by atoms with van der Waals surface area (Å²) in [7, 11) is -3.87. The quantitative estimate of drug-likeness (QED) is 0.432. The number of carbonyl (C=O) groups is 3. The Balaban J connectivity index is 1.52. The Morgan fingerprint density at radius 3 is 2.26 bits per heavy atom. The number of imide groups is 1. The number of para-hydroxylation sites is 1. The molecule has 4 rings (SSSR count). The molecule has 0 bridgehead atoms. The number of nitrogens with two attached hydrogens (primary N) is 1. The van der Waals surface area contributed by atoms with E-state index >= 15 is 0 Å². The lowest BCUT2D eigenvalue weighted by molar-refractivity contribution is -0.120. The Hall–Kier alpha value is -4.06. The maximum Gasteiger partial charge on any atom is 0.283 e. The molecule has 0 spiro atoms. The van der Waals surface area contributed by atoms with E-state index in [-0.39, 0.29) is 27.5 Å². The Morgan fingerprint density at radius 1 is 0.914 bits per heavy atom. The van der Waals surface area contributed by atoms with Crippen molar-refractivity contribution < 1.29 is 27.2 Å². The number of benzene rings is 3. The molecule has 3 aromatic rings.